The van der Waals surface area contributed by atoms with E-state index in [1.54, 1.807) is 12.1 Å². The number of carbonyl (C=O) groups excluding carboxylic acids is 2. The summed E-state index contributed by atoms with van der Waals surface area (Å²) < 4.78 is 0. The van der Waals surface area contributed by atoms with Crippen LogP contribution in [0.15, 0.2) is 24.3 Å². The Labute approximate surface area is 126 Å². The van der Waals surface area contributed by atoms with E-state index in [0.717, 1.165) is 5.56 Å². The lowest BCUT2D eigenvalue weighted by atomic mass is 10.0. The molecule has 0 heterocycles. The van der Waals surface area contributed by atoms with Gasteiger partial charge >= 0.3 is 0 Å². The molecule has 112 valence electrons. The normalized spacial score (nSPS) is 11.3. The van der Waals surface area contributed by atoms with E-state index >= 15 is 0 Å². The first kappa shape index (κ1) is 18.6. The molecule has 0 saturated carbocycles. The Bertz CT molecular complexity index is 432. The second-order valence-electron chi connectivity index (χ2n) is 4.93. The van der Waals surface area contributed by atoms with Crippen LogP contribution in [0, 0.1) is 12.8 Å². The van der Waals surface area contributed by atoms with Gasteiger partial charge in [0.05, 0.1) is 0 Å². The van der Waals surface area contributed by atoms with Crippen LogP contribution in [0.25, 0.3) is 0 Å². The van der Waals surface area contributed by atoms with Crippen molar-refractivity contribution < 1.29 is 9.59 Å². The van der Waals surface area contributed by atoms with E-state index in [1.807, 2.05) is 26.0 Å². The second kappa shape index (κ2) is 9.50. The molecule has 1 aromatic carbocycles. The Morgan fingerprint density at radius 2 is 1.80 bits per heavy atom. The third-order valence-corrected chi connectivity index (χ3v) is 3.00. The average molecular weight is 299 g/mol. The number of benzene rings is 1. The number of aryl methyl sites for hydroxylation is 1. The Morgan fingerprint density at radius 3 is 2.35 bits per heavy atom. The topological polar surface area (TPSA) is 72.2 Å². The molecule has 0 aliphatic rings. The van der Waals surface area contributed by atoms with Crippen molar-refractivity contribution in [3.63, 3.8) is 0 Å². The van der Waals surface area contributed by atoms with Crippen LogP contribution in [0.3, 0.4) is 0 Å². The summed E-state index contributed by atoms with van der Waals surface area (Å²) in [7, 11) is 0. The van der Waals surface area contributed by atoms with Gasteiger partial charge in [-0.05, 0) is 19.4 Å². The van der Waals surface area contributed by atoms with Gasteiger partial charge in [-0.2, -0.15) is 0 Å². The first-order valence-corrected chi connectivity index (χ1v) is 6.59. The SMILES string of the molecule is Cc1ccc(C(=O)CCC(=O)NCC(C)CN)cc1.Cl. The minimum atomic E-state index is -0.0965. The van der Waals surface area contributed by atoms with Gasteiger partial charge in [0.2, 0.25) is 5.91 Å². The third-order valence-electron chi connectivity index (χ3n) is 3.00. The number of nitrogens with one attached hydrogen (secondary N) is 1. The summed E-state index contributed by atoms with van der Waals surface area (Å²) in [5.41, 5.74) is 7.24. The third kappa shape index (κ3) is 6.68. The smallest absolute Gasteiger partial charge is 0.220 e. The minimum absolute atomic E-state index is 0. The van der Waals surface area contributed by atoms with Crippen molar-refractivity contribution in [3.05, 3.63) is 35.4 Å². The molecule has 1 atom stereocenters. The summed E-state index contributed by atoms with van der Waals surface area (Å²) in [6.45, 7) is 5.05. The van der Waals surface area contributed by atoms with Gasteiger partial charge < -0.3 is 11.1 Å². The number of hydrogen-bond donors (Lipinski definition) is 2. The van der Waals surface area contributed by atoms with Crippen molar-refractivity contribution in [2.45, 2.75) is 26.7 Å². The highest BCUT2D eigenvalue weighted by molar-refractivity contribution is 5.97. The highest BCUT2D eigenvalue weighted by Crippen LogP contribution is 2.07. The summed E-state index contributed by atoms with van der Waals surface area (Å²) in [5, 5.41) is 2.78. The lowest BCUT2D eigenvalue weighted by Gasteiger charge is -2.09. The molecule has 0 saturated heterocycles. The number of rotatable bonds is 7. The van der Waals surface area contributed by atoms with Crippen LogP contribution in [0.5, 0.6) is 0 Å². The molecule has 20 heavy (non-hydrogen) atoms. The summed E-state index contributed by atoms with van der Waals surface area (Å²) in [6.07, 6.45) is 0.468. The summed E-state index contributed by atoms with van der Waals surface area (Å²) in [6, 6.07) is 7.39. The quantitative estimate of drug-likeness (QED) is 0.757. The monoisotopic (exact) mass is 298 g/mol. The van der Waals surface area contributed by atoms with E-state index in [9.17, 15) is 9.59 Å². The highest BCUT2D eigenvalue weighted by Gasteiger charge is 2.09. The van der Waals surface area contributed by atoms with Crippen molar-refractivity contribution in [2.75, 3.05) is 13.1 Å². The molecule has 0 radical (unpaired) electrons. The van der Waals surface area contributed by atoms with E-state index in [2.05, 4.69) is 5.32 Å². The zero-order chi connectivity index (χ0) is 14.3. The molecule has 0 fully saturated rings. The maximum atomic E-state index is 11.9. The molecule has 3 N–H and O–H groups in total. The number of nitrogens with two attached hydrogens (primary N) is 1. The van der Waals surface area contributed by atoms with Gasteiger partial charge in [-0.25, -0.2) is 0 Å². The number of amides is 1. The Balaban J connectivity index is 0.00000361. The van der Waals surface area contributed by atoms with Crippen molar-refractivity contribution in [1.29, 1.82) is 0 Å². The van der Waals surface area contributed by atoms with Crippen LogP contribution >= 0.6 is 12.4 Å². The van der Waals surface area contributed by atoms with E-state index in [4.69, 9.17) is 5.73 Å². The van der Waals surface area contributed by atoms with E-state index in [0.29, 0.717) is 18.7 Å². The maximum absolute atomic E-state index is 11.9. The standard InChI is InChI=1S/C15H22N2O2.ClH/c1-11-3-5-13(6-4-11)14(18)7-8-15(19)17-10-12(2)9-16;/h3-6,12H,7-10,16H2,1-2H3,(H,17,19);1H. The van der Waals surface area contributed by atoms with Crippen molar-refractivity contribution >= 4 is 24.1 Å². The molecule has 1 aromatic rings. The molecule has 0 aromatic heterocycles. The minimum Gasteiger partial charge on any atom is -0.356 e. The van der Waals surface area contributed by atoms with Crippen LogP contribution in [0.1, 0.15) is 35.7 Å². The van der Waals surface area contributed by atoms with Gasteiger partial charge in [-0.1, -0.05) is 36.8 Å². The summed E-state index contributed by atoms with van der Waals surface area (Å²) in [5.74, 6) is 0.166. The largest absolute Gasteiger partial charge is 0.356 e. The lowest BCUT2D eigenvalue weighted by molar-refractivity contribution is -0.121. The lowest BCUT2D eigenvalue weighted by Crippen LogP contribution is -2.31. The number of ketones is 1. The number of hydrogen-bond acceptors (Lipinski definition) is 3. The second-order valence-corrected chi connectivity index (χ2v) is 4.93. The van der Waals surface area contributed by atoms with E-state index in [1.165, 1.54) is 0 Å². The number of Topliss-reactive ketones (excluding diaryl/α,β-unsaturated/α-hetero) is 1. The fourth-order valence-electron chi connectivity index (χ4n) is 1.57. The van der Waals surface area contributed by atoms with Gasteiger partial charge in [-0.3, -0.25) is 9.59 Å². The van der Waals surface area contributed by atoms with Crippen LogP contribution in [-0.4, -0.2) is 24.8 Å². The van der Waals surface area contributed by atoms with E-state index < -0.39 is 0 Å². The van der Waals surface area contributed by atoms with Gasteiger partial charge in [-0.15, -0.1) is 12.4 Å². The molecule has 4 nitrogen and oxygen atoms in total. The van der Waals surface area contributed by atoms with Crippen LogP contribution in [-0.2, 0) is 4.79 Å². The van der Waals surface area contributed by atoms with Crippen molar-refractivity contribution in [1.82, 2.24) is 5.32 Å². The Kier molecular flexibility index (Phi) is 8.84. The zero-order valence-corrected chi connectivity index (χ0v) is 12.8. The molecule has 0 aliphatic carbocycles. The van der Waals surface area contributed by atoms with Gasteiger partial charge in [0.1, 0.15) is 0 Å². The molecule has 1 amide bonds. The molecule has 1 rings (SSSR count). The Hall–Kier alpha value is -1.39. The fourth-order valence-corrected chi connectivity index (χ4v) is 1.57. The first-order valence-electron chi connectivity index (χ1n) is 6.59. The molecule has 0 bridgehead atoms. The van der Waals surface area contributed by atoms with Crippen LogP contribution in [0.2, 0.25) is 0 Å². The van der Waals surface area contributed by atoms with Gasteiger partial charge in [0.25, 0.3) is 0 Å². The molecular formula is C15H23ClN2O2. The predicted molar refractivity (Wildman–Crippen MR) is 83.2 cm³/mol. The zero-order valence-electron chi connectivity index (χ0n) is 12.0. The van der Waals surface area contributed by atoms with Gasteiger partial charge in [0, 0.05) is 24.9 Å². The molecule has 5 heteroatoms. The first-order chi connectivity index (χ1) is 9.02. The van der Waals surface area contributed by atoms with Crippen molar-refractivity contribution in [3.8, 4) is 0 Å². The number of halogens is 1. The maximum Gasteiger partial charge on any atom is 0.220 e. The average Bonchev–Trinajstić information content (AvgIpc) is 2.42. The predicted octanol–water partition coefficient (Wildman–Crippen LogP) is 2.09. The van der Waals surface area contributed by atoms with Crippen LogP contribution in [0.4, 0.5) is 0 Å². The molecule has 0 aliphatic heterocycles. The molecule has 1 unspecified atom stereocenters. The van der Waals surface area contributed by atoms with Gasteiger partial charge in [0.15, 0.2) is 5.78 Å². The Morgan fingerprint density at radius 1 is 1.20 bits per heavy atom. The molecular weight excluding hydrogens is 276 g/mol. The molecule has 0 spiro atoms. The van der Waals surface area contributed by atoms with Crippen LogP contribution < -0.4 is 11.1 Å². The van der Waals surface area contributed by atoms with E-state index in [-0.39, 0.29) is 42.9 Å². The fraction of sp³-hybridized carbons (Fsp3) is 0.467. The highest BCUT2D eigenvalue weighted by atomic mass is 35.5. The summed E-state index contributed by atoms with van der Waals surface area (Å²) >= 11 is 0. The van der Waals surface area contributed by atoms with Crippen molar-refractivity contribution in [2.24, 2.45) is 11.7 Å². The number of carbonyl (C=O) groups is 2. The summed E-state index contributed by atoms with van der Waals surface area (Å²) in [4.78, 5) is 23.4.